The van der Waals surface area contributed by atoms with Crippen LogP contribution in [0, 0.1) is 0 Å². The maximum Gasteiger partial charge on any atom is 0.174 e. The molecule has 0 amide bonds. The molecule has 4 nitrogen and oxygen atoms in total. The lowest BCUT2D eigenvalue weighted by Gasteiger charge is -2.29. The molecule has 0 N–H and O–H groups in total. The normalized spacial score (nSPS) is 15.4. The third-order valence-electron chi connectivity index (χ3n) is 3.68. The standard InChI is InChI=1S/C14H23BN2O2/c1-4-5-15(2)12-10-13(18-3)14(16-11-12)17-6-8-19-9-7-17/h10-11H,4-9H2,1-3H3. The van der Waals surface area contributed by atoms with Crippen molar-refractivity contribution in [3.63, 3.8) is 0 Å². The van der Waals surface area contributed by atoms with Crippen LogP contribution in [0.2, 0.25) is 13.1 Å². The van der Waals surface area contributed by atoms with E-state index in [1.807, 2.05) is 6.20 Å². The molecular weight excluding hydrogens is 239 g/mol. The van der Waals surface area contributed by atoms with Crippen LogP contribution >= 0.6 is 0 Å². The van der Waals surface area contributed by atoms with Gasteiger partial charge in [-0.15, -0.1) is 0 Å². The molecular formula is C14H23BN2O2. The first kappa shape index (κ1) is 14.2. The van der Waals surface area contributed by atoms with E-state index < -0.39 is 0 Å². The number of hydrogen-bond donors (Lipinski definition) is 0. The summed E-state index contributed by atoms with van der Waals surface area (Å²) in [7, 11) is 1.72. The lowest BCUT2D eigenvalue weighted by atomic mass is 9.45. The third-order valence-corrected chi connectivity index (χ3v) is 3.68. The summed E-state index contributed by atoms with van der Waals surface area (Å²) in [5.41, 5.74) is 1.26. The number of methoxy groups -OCH3 is 1. The van der Waals surface area contributed by atoms with Gasteiger partial charge in [0.25, 0.3) is 0 Å². The summed E-state index contributed by atoms with van der Waals surface area (Å²) in [6, 6.07) is 2.14. The van der Waals surface area contributed by atoms with Crippen LogP contribution in [0.15, 0.2) is 12.3 Å². The van der Waals surface area contributed by atoms with E-state index in [1.165, 1.54) is 18.2 Å². The monoisotopic (exact) mass is 262 g/mol. The number of rotatable bonds is 5. The molecule has 0 spiro atoms. The van der Waals surface area contributed by atoms with Gasteiger partial charge in [-0.25, -0.2) is 4.98 Å². The fourth-order valence-electron chi connectivity index (χ4n) is 2.48. The molecule has 1 aromatic rings. The van der Waals surface area contributed by atoms with Gasteiger partial charge >= 0.3 is 0 Å². The third kappa shape index (κ3) is 3.41. The van der Waals surface area contributed by atoms with Crippen molar-refractivity contribution in [2.45, 2.75) is 26.5 Å². The maximum absolute atomic E-state index is 5.52. The fourth-order valence-corrected chi connectivity index (χ4v) is 2.48. The van der Waals surface area contributed by atoms with Crippen molar-refractivity contribution >= 4 is 18.0 Å². The Kier molecular flexibility index (Phi) is 5.08. The van der Waals surface area contributed by atoms with E-state index in [0.717, 1.165) is 37.9 Å². The molecule has 0 saturated carbocycles. The molecule has 0 aliphatic carbocycles. The zero-order valence-electron chi connectivity index (χ0n) is 12.2. The van der Waals surface area contributed by atoms with E-state index in [9.17, 15) is 0 Å². The van der Waals surface area contributed by atoms with Crippen molar-refractivity contribution < 1.29 is 9.47 Å². The highest BCUT2D eigenvalue weighted by Crippen LogP contribution is 2.25. The van der Waals surface area contributed by atoms with Gasteiger partial charge in [0.15, 0.2) is 18.3 Å². The second-order valence-corrected chi connectivity index (χ2v) is 5.08. The van der Waals surface area contributed by atoms with Gasteiger partial charge in [0.05, 0.1) is 20.3 Å². The Morgan fingerprint density at radius 3 is 2.79 bits per heavy atom. The lowest BCUT2D eigenvalue weighted by molar-refractivity contribution is 0.122. The molecule has 1 saturated heterocycles. The van der Waals surface area contributed by atoms with Gasteiger partial charge in [-0.1, -0.05) is 32.0 Å². The molecule has 19 heavy (non-hydrogen) atoms. The van der Waals surface area contributed by atoms with E-state index in [2.05, 4.69) is 29.7 Å². The minimum Gasteiger partial charge on any atom is -0.493 e. The van der Waals surface area contributed by atoms with Crippen LogP contribution in [-0.2, 0) is 4.74 Å². The SMILES string of the molecule is CCCB(C)c1cnc(N2CCOCC2)c(OC)c1. The number of pyridine rings is 1. The average Bonchev–Trinajstić information content (AvgIpc) is 2.47. The van der Waals surface area contributed by atoms with Crippen LogP contribution < -0.4 is 15.1 Å². The summed E-state index contributed by atoms with van der Waals surface area (Å²) in [6.45, 7) is 8.28. The van der Waals surface area contributed by atoms with Gasteiger partial charge in [0, 0.05) is 19.3 Å². The second-order valence-electron chi connectivity index (χ2n) is 5.08. The number of nitrogens with zero attached hydrogens (tertiary/aromatic N) is 2. The molecule has 0 aromatic carbocycles. The highest BCUT2D eigenvalue weighted by atomic mass is 16.5. The Balaban J connectivity index is 2.20. The Bertz CT molecular complexity index is 408. The average molecular weight is 262 g/mol. The van der Waals surface area contributed by atoms with E-state index in [-0.39, 0.29) is 0 Å². The highest BCUT2D eigenvalue weighted by Gasteiger charge is 2.19. The predicted octanol–water partition coefficient (Wildman–Crippen LogP) is 1.67. The Morgan fingerprint density at radius 2 is 2.16 bits per heavy atom. The molecule has 0 unspecified atom stereocenters. The van der Waals surface area contributed by atoms with Crippen molar-refractivity contribution in [3.05, 3.63) is 12.3 Å². The van der Waals surface area contributed by atoms with Gasteiger partial charge in [0.1, 0.15) is 0 Å². The quantitative estimate of drug-likeness (QED) is 0.756. The van der Waals surface area contributed by atoms with Crippen molar-refractivity contribution in [3.8, 4) is 5.75 Å². The molecule has 1 fully saturated rings. The Labute approximate surface area is 116 Å². The zero-order valence-corrected chi connectivity index (χ0v) is 12.2. The van der Waals surface area contributed by atoms with Crippen LogP contribution in [0.3, 0.4) is 0 Å². The summed E-state index contributed by atoms with van der Waals surface area (Å²) in [5.74, 6) is 1.82. The zero-order chi connectivity index (χ0) is 13.7. The van der Waals surface area contributed by atoms with Crippen molar-refractivity contribution in [1.29, 1.82) is 0 Å². The van der Waals surface area contributed by atoms with Crippen LogP contribution in [0.25, 0.3) is 0 Å². The molecule has 1 aliphatic rings. The lowest BCUT2D eigenvalue weighted by Crippen LogP contribution is -2.37. The fraction of sp³-hybridized carbons (Fsp3) is 0.643. The first-order chi connectivity index (χ1) is 9.26. The Hall–Kier alpha value is -1.23. The van der Waals surface area contributed by atoms with E-state index in [4.69, 9.17) is 9.47 Å². The maximum atomic E-state index is 5.52. The number of aromatic nitrogens is 1. The topological polar surface area (TPSA) is 34.6 Å². The van der Waals surface area contributed by atoms with E-state index in [0.29, 0.717) is 6.71 Å². The molecule has 0 bridgehead atoms. The van der Waals surface area contributed by atoms with Crippen molar-refractivity contribution in [2.75, 3.05) is 38.3 Å². The number of hydrogen-bond acceptors (Lipinski definition) is 4. The predicted molar refractivity (Wildman–Crippen MR) is 80.2 cm³/mol. The van der Waals surface area contributed by atoms with Crippen LogP contribution in [-0.4, -0.2) is 45.1 Å². The van der Waals surface area contributed by atoms with Gasteiger partial charge < -0.3 is 14.4 Å². The van der Waals surface area contributed by atoms with Crippen LogP contribution in [0.5, 0.6) is 5.75 Å². The smallest absolute Gasteiger partial charge is 0.174 e. The summed E-state index contributed by atoms with van der Waals surface area (Å²) >= 11 is 0. The minimum absolute atomic E-state index is 0.533. The second kappa shape index (κ2) is 6.80. The van der Waals surface area contributed by atoms with Gasteiger partial charge in [-0.3, -0.25) is 0 Å². The summed E-state index contributed by atoms with van der Waals surface area (Å²) in [5, 5.41) is 0. The summed E-state index contributed by atoms with van der Waals surface area (Å²) in [6.07, 6.45) is 4.37. The van der Waals surface area contributed by atoms with E-state index in [1.54, 1.807) is 7.11 Å². The van der Waals surface area contributed by atoms with Crippen LogP contribution in [0.1, 0.15) is 13.3 Å². The van der Waals surface area contributed by atoms with Crippen molar-refractivity contribution in [1.82, 2.24) is 4.98 Å². The molecule has 0 radical (unpaired) electrons. The number of ether oxygens (including phenoxy) is 2. The van der Waals surface area contributed by atoms with Crippen molar-refractivity contribution in [2.24, 2.45) is 0 Å². The van der Waals surface area contributed by atoms with Gasteiger partial charge in [0.2, 0.25) is 0 Å². The Morgan fingerprint density at radius 1 is 1.42 bits per heavy atom. The first-order valence-corrected chi connectivity index (χ1v) is 7.12. The molecule has 104 valence electrons. The van der Waals surface area contributed by atoms with E-state index >= 15 is 0 Å². The molecule has 0 atom stereocenters. The molecule has 2 rings (SSSR count). The minimum atomic E-state index is 0.533. The number of anilines is 1. The molecule has 1 aliphatic heterocycles. The van der Waals surface area contributed by atoms with Crippen LogP contribution in [0.4, 0.5) is 5.82 Å². The highest BCUT2D eigenvalue weighted by molar-refractivity contribution is 6.72. The van der Waals surface area contributed by atoms with Gasteiger partial charge in [-0.2, -0.15) is 0 Å². The summed E-state index contributed by atoms with van der Waals surface area (Å²) in [4.78, 5) is 6.85. The largest absolute Gasteiger partial charge is 0.493 e. The molecule has 1 aromatic heterocycles. The molecule has 2 heterocycles. The first-order valence-electron chi connectivity index (χ1n) is 7.12. The van der Waals surface area contributed by atoms with Gasteiger partial charge in [-0.05, 0) is 6.07 Å². The number of morpholine rings is 1. The molecule has 5 heteroatoms. The summed E-state index contributed by atoms with van der Waals surface area (Å²) < 4.78 is 10.9.